The van der Waals surface area contributed by atoms with Crippen molar-refractivity contribution in [2.45, 2.75) is 18.1 Å². The summed E-state index contributed by atoms with van der Waals surface area (Å²) in [4.78, 5) is 12.9. The van der Waals surface area contributed by atoms with Crippen LogP contribution in [-0.4, -0.2) is 45.0 Å². The zero-order valence-electron chi connectivity index (χ0n) is 18.4. The number of hydrogen-bond donors (Lipinski definition) is 0. The predicted molar refractivity (Wildman–Crippen MR) is 122 cm³/mol. The molecule has 0 radical (unpaired) electrons. The van der Waals surface area contributed by atoms with Crippen LogP contribution in [0.25, 0.3) is 0 Å². The fourth-order valence-electron chi connectivity index (χ4n) is 3.46. The number of morpholine rings is 1. The highest BCUT2D eigenvalue weighted by Gasteiger charge is 2.26. The molecule has 0 atom stereocenters. The molecule has 0 spiro atoms. The maximum absolute atomic E-state index is 13.1. The first-order valence-electron chi connectivity index (χ1n) is 10.7. The standard InChI is InChI=1S/C25H24FNO6S/c26-21-10-8-19(9-11-21)17-32-24-7-2-1-6-23(24)25(28)33-18-20-4-3-5-22(16-20)34(29,30)27-12-14-31-15-13-27/h1-11,16H,12-15,17-18H2. The molecule has 34 heavy (non-hydrogen) atoms. The van der Waals surface area contributed by atoms with Gasteiger partial charge >= 0.3 is 5.97 Å². The van der Waals surface area contributed by atoms with Gasteiger partial charge in [0.05, 0.1) is 18.1 Å². The summed E-state index contributed by atoms with van der Waals surface area (Å²) in [6.45, 7) is 1.38. The van der Waals surface area contributed by atoms with E-state index in [-0.39, 0.29) is 29.5 Å². The molecule has 0 aromatic heterocycles. The second kappa shape index (κ2) is 10.8. The summed E-state index contributed by atoms with van der Waals surface area (Å²) in [7, 11) is -3.65. The molecule has 1 fully saturated rings. The lowest BCUT2D eigenvalue weighted by atomic mass is 10.2. The summed E-state index contributed by atoms with van der Waals surface area (Å²) >= 11 is 0. The van der Waals surface area contributed by atoms with Gasteiger partial charge in [-0.05, 0) is 47.5 Å². The van der Waals surface area contributed by atoms with E-state index in [9.17, 15) is 17.6 Å². The Morgan fingerprint density at radius 1 is 0.912 bits per heavy atom. The lowest BCUT2D eigenvalue weighted by Crippen LogP contribution is -2.40. The molecule has 0 saturated carbocycles. The maximum atomic E-state index is 13.1. The summed E-state index contributed by atoms with van der Waals surface area (Å²) in [5.74, 6) is -0.605. The maximum Gasteiger partial charge on any atom is 0.342 e. The number of carbonyl (C=O) groups is 1. The van der Waals surface area contributed by atoms with Gasteiger partial charge in [0.15, 0.2) is 0 Å². The van der Waals surface area contributed by atoms with E-state index < -0.39 is 16.0 Å². The topological polar surface area (TPSA) is 82.1 Å². The first kappa shape index (κ1) is 23.9. The lowest BCUT2D eigenvalue weighted by molar-refractivity contribution is 0.0467. The number of nitrogens with zero attached hydrogens (tertiary/aromatic N) is 1. The van der Waals surface area contributed by atoms with Crippen molar-refractivity contribution in [2.24, 2.45) is 0 Å². The van der Waals surface area contributed by atoms with Crippen LogP contribution in [0, 0.1) is 5.82 Å². The van der Waals surface area contributed by atoms with E-state index in [0.717, 1.165) is 5.56 Å². The fourth-order valence-corrected chi connectivity index (χ4v) is 4.94. The highest BCUT2D eigenvalue weighted by atomic mass is 32.2. The van der Waals surface area contributed by atoms with Gasteiger partial charge in [-0.15, -0.1) is 0 Å². The minimum atomic E-state index is -3.65. The van der Waals surface area contributed by atoms with Crippen LogP contribution in [0.4, 0.5) is 4.39 Å². The molecule has 9 heteroatoms. The van der Waals surface area contributed by atoms with E-state index in [4.69, 9.17) is 14.2 Å². The third-order valence-corrected chi connectivity index (χ3v) is 7.19. The number of esters is 1. The molecule has 3 aromatic carbocycles. The molecular weight excluding hydrogens is 461 g/mol. The Labute approximate surface area is 197 Å². The molecule has 1 saturated heterocycles. The second-order valence-electron chi connectivity index (χ2n) is 7.65. The average Bonchev–Trinajstić information content (AvgIpc) is 2.88. The van der Waals surface area contributed by atoms with Gasteiger partial charge in [0, 0.05) is 13.1 Å². The number of benzene rings is 3. The minimum absolute atomic E-state index is 0.0996. The number of rotatable bonds is 8. The number of hydrogen-bond acceptors (Lipinski definition) is 6. The molecule has 178 valence electrons. The van der Waals surface area contributed by atoms with Crippen LogP contribution in [-0.2, 0) is 32.7 Å². The molecule has 1 heterocycles. The molecule has 0 aliphatic carbocycles. The van der Waals surface area contributed by atoms with Gasteiger partial charge in [-0.25, -0.2) is 17.6 Å². The van der Waals surface area contributed by atoms with Crippen LogP contribution in [0.5, 0.6) is 5.75 Å². The van der Waals surface area contributed by atoms with E-state index in [1.165, 1.54) is 28.6 Å². The molecule has 7 nitrogen and oxygen atoms in total. The van der Waals surface area contributed by atoms with Crippen LogP contribution in [0.15, 0.2) is 77.7 Å². The van der Waals surface area contributed by atoms with Crippen molar-refractivity contribution in [2.75, 3.05) is 26.3 Å². The van der Waals surface area contributed by atoms with E-state index in [1.54, 1.807) is 48.5 Å². The van der Waals surface area contributed by atoms with Gasteiger partial charge < -0.3 is 14.2 Å². The summed E-state index contributed by atoms with van der Waals surface area (Å²) in [5.41, 5.74) is 1.54. The number of ether oxygens (including phenoxy) is 3. The van der Waals surface area contributed by atoms with E-state index in [1.807, 2.05) is 0 Å². The Morgan fingerprint density at radius 3 is 2.41 bits per heavy atom. The molecule has 0 bridgehead atoms. The van der Waals surface area contributed by atoms with Crippen LogP contribution in [0.2, 0.25) is 0 Å². The largest absolute Gasteiger partial charge is 0.488 e. The minimum Gasteiger partial charge on any atom is -0.488 e. The van der Waals surface area contributed by atoms with Crippen LogP contribution in [0.1, 0.15) is 21.5 Å². The van der Waals surface area contributed by atoms with Crippen molar-refractivity contribution in [3.63, 3.8) is 0 Å². The number of sulfonamides is 1. The van der Waals surface area contributed by atoms with Crippen molar-refractivity contribution < 1.29 is 31.8 Å². The second-order valence-corrected chi connectivity index (χ2v) is 9.59. The summed E-state index contributed by atoms with van der Waals surface area (Å²) in [6, 6.07) is 18.9. The Morgan fingerprint density at radius 2 is 1.65 bits per heavy atom. The van der Waals surface area contributed by atoms with Gasteiger partial charge in [0.25, 0.3) is 0 Å². The van der Waals surface area contributed by atoms with E-state index >= 15 is 0 Å². The Hall–Kier alpha value is -3.27. The van der Waals surface area contributed by atoms with Crippen molar-refractivity contribution in [1.82, 2.24) is 4.31 Å². The van der Waals surface area contributed by atoms with Gasteiger partial charge in [0.1, 0.15) is 30.3 Å². The smallest absolute Gasteiger partial charge is 0.342 e. The normalized spacial score (nSPS) is 14.5. The summed E-state index contributed by atoms with van der Waals surface area (Å²) in [6.07, 6.45) is 0. The quantitative estimate of drug-likeness (QED) is 0.452. The first-order chi connectivity index (χ1) is 16.4. The monoisotopic (exact) mass is 485 g/mol. The van der Waals surface area contributed by atoms with E-state index in [2.05, 4.69) is 0 Å². The highest BCUT2D eigenvalue weighted by molar-refractivity contribution is 7.89. The zero-order valence-corrected chi connectivity index (χ0v) is 19.2. The lowest BCUT2D eigenvalue weighted by Gasteiger charge is -2.26. The highest BCUT2D eigenvalue weighted by Crippen LogP contribution is 2.22. The molecule has 0 unspecified atom stereocenters. The molecule has 0 amide bonds. The molecule has 1 aliphatic heterocycles. The van der Waals surface area contributed by atoms with Gasteiger partial charge in [0.2, 0.25) is 10.0 Å². The van der Waals surface area contributed by atoms with Gasteiger partial charge in [-0.3, -0.25) is 0 Å². The molecule has 1 aliphatic rings. The predicted octanol–water partition coefficient (Wildman–Crippen LogP) is 3.78. The van der Waals surface area contributed by atoms with Crippen molar-refractivity contribution in [1.29, 1.82) is 0 Å². The summed E-state index contributed by atoms with van der Waals surface area (Å²) in [5, 5.41) is 0. The average molecular weight is 486 g/mol. The Bertz CT molecular complexity index is 1240. The van der Waals surface area contributed by atoms with E-state index in [0.29, 0.717) is 37.6 Å². The first-order valence-corrected chi connectivity index (χ1v) is 12.2. The summed E-state index contributed by atoms with van der Waals surface area (Å²) < 4.78 is 56.6. The third kappa shape index (κ3) is 5.80. The van der Waals surface area contributed by atoms with Gasteiger partial charge in [-0.1, -0.05) is 36.4 Å². The van der Waals surface area contributed by atoms with Crippen molar-refractivity contribution in [3.05, 3.63) is 95.3 Å². The Balaban J connectivity index is 1.41. The number of halogens is 1. The molecule has 3 aromatic rings. The van der Waals surface area contributed by atoms with Gasteiger partial charge in [-0.2, -0.15) is 4.31 Å². The molecular formula is C25H24FNO6S. The SMILES string of the molecule is O=C(OCc1cccc(S(=O)(=O)N2CCOCC2)c1)c1ccccc1OCc1ccc(F)cc1. The number of para-hydroxylation sites is 1. The Kier molecular flexibility index (Phi) is 7.56. The fraction of sp³-hybridized carbons (Fsp3) is 0.240. The molecule has 0 N–H and O–H groups in total. The van der Waals surface area contributed by atoms with Crippen LogP contribution in [0.3, 0.4) is 0 Å². The van der Waals surface area contributed by atoms with Crippen molar-refractivity contribution >= 4 is 16.0 Å². The van der Waals surface area contributed by atoms with Crippen LogP contribution >= 0.6 is 0 Å². The zero-order chi connectivity index (χ0) is 24.0. The number of carbonyl (C=O) groups excluding carboxylic acids is 1. The van der Waals surface area contributed by atoms with Crippen LogP contribution < -0.4 is 4.74 Å². The molecule has 4 rings (SSSR count). The third-order valence-electron chi connectivity index (χ3n) is 5.29. The van der Waals surface area contributed by atoms with Crippen molar-refractivity contribution in [3.8, 4) is 5.75 Å².